The number of benzene rings is 1. The zero-order chi connectivity index (χ0) is 20.4. The van der Waals surface area contributed by atoms with Crippen LogP contribution in [0.5, 0.6) is 5.75 Å². The lowest BCUT2D eigenvalue weighted by Gasteiger charge is -2.34. The van der Waals surface area contributed by atoms with Crippen molar-refractivity contribution >= 4 is 23.5 Å². The molecule has 1 fully saturated rings. The molecule has 1 aromatic rings. The molecule has 8 heteroatoms. The lowest BCUT2D eigenvalue weighted by molar-refractivity contribution is -0.151. The van der Waals surface area contributed by atoms with Crippen molar-refractivity contribution in [2.45, 2.75) is 25.8 Å². The van der Waals surface area contributed by atoms with E-state index in [0.717, 1.165) is 0 Å². The third kappa shape index (κ3) is 6.00. The van der Waals surface area contributed by atoms with Gasteiger partial charge in [-0.05, 0) is 18.6 Å². The molecule has 0 aliphatic carbocycles. The highest BCUT2D eigenvalue weighted by atomic mass is 16.5. The van der Waals surface area contributed by atoms with Gasteiger partial charge in [0.05, 0.1) is 25.3 Å². The van der Waals surface area contributed by atoms with Gasteiger partial charge in [-0.2, -0.15) is 0 Å². The van der Waals surface area contributed by atoms with Gasteiger partial charge in [-0.25, -0.2) is 0 Å². The van der Waals surface area contributed by atoms with Crippen molar-refractivity contribution in [1.82, 2.24) is 10.2 Å². The second-order valence-electron chi connectivity index (χ2n) is 6.27. The number of hydrogen-bond acceptors (Lipinski definition) is 6. The van der Waals surface area contributed by atoms with Crippen LogP contribution in [0.15, 0.2) is 36.9 Å². The van der Waals surface area contributed by atoms with Crippen LogP contribution >= 0.6 is 0 Å². The van der Waals surface area contributed by atoms with E-state index in [-0.39, 0.29) is 24.8 Å². The number of carbonyl (C=O) groups is 3. The molecular weight excluding hydrogens is 362 g/mol. The zero-order valence-corrected chi connectivity index (χ0v) is 16.1. The Hall–Kier alpha value is -3.03. The van der Waals surface area contributed by atoms with Crippen LogP contribution in [-0.4, -0.2) is 61.6 Å². The maximum absolute atomic E-state index is 12.7. The molecule has 1 saturated heterocycles. The summed E-state index contributed by atoms with van der Waals surface area (Å²) in [5, 5.41) is 5.74. The van der Waals surface area contributed by atoms with Gasteiger partial charge in [0.1, 0.15) is 18.4 Å². The summed E-state index contributed by atoms with van der Waals surface area (Å²) in [6, 6.07) is 6.39. The number of para-hydroxylation sites is 2. The van der Waals surface area contributed by atoms with Gasteiger partial charge in [-0.1, -0.05) is 31.7 Å². The molecule has 28 heavy (non-hydrogen) atoms. The Balaban J connectivity index is 2.00. The van der Waals surface area contributed by atoms with Gasteiger partial charge in [-0.15, -0.1) is 0 Å². The Bertz CT molecular complexity index is 707. The summed E-state index contributed by atoms with van der Waals surface area (Å²) in [4.78, 5) is 38.3. The molecule has 0 aromatic heterocycles. The smallest absolute Gasteiger partial charge is 0.308 e. The number of esters is 1. The molecule has 0 bridgehead atoms. The minimum absolute atomic E-state index is 0.0255. The summed E-state index contributed by atoms with van der Waals surface area (Å²) in [7, 11) is 0. The fraction of sp³-hybridized carbons (Fsp3) is 0.450. The predicted molar refractivity (Wildman–Crippen MR) is 105 cm³/mol. The Labute approximate surface area is 164 Å². The highest BCUT2D eigenvalue weighted by molar-refractivity contribution is 5.93. The summed E-state index contributed by atoms with van der Waals surface area (Å²) in [5.74, 6) is -0.506. The molecular formula is C20H27N3O5. The normalized spacial score (nSPS) is 16.1. The monoisotopic (exact) mass is 389 g/mol. The molecule has 1 aromatic carbocycles. The van der Waals surface area contributed by atoms with Gasteiger partial charge in [0.2, 0.25) is 11.8 Å². The Morgan fingerprint density at radius 1 is 1.39 bits per heavy atom. The molecule has 1 aliphatic rings. The van der Waals surface area contributed by atoms with Crippen molar-refractivity contribution in [3.05, 3.63) is 36.9 Å². The standard InChI is InChI=1S/C20H27N3O5/c1-3-11-27-17-8-6-5-7-15(17)22-14-18(24)23-10-9-21-20(26)16(23)13-19(25)28-12-4-2/h3,5-8,16,22H,1,4,9-14H2,2H3,(H,21,26). The van der Waals surface area contributed by atoms with E-state index in [0.29, 0.717) is 44.2 Å². The zero-order valence-electron chi connectivity index (χ0n) is 16.1. The van der Waals surface area contributed by atoms with Gasteiger partial charge in [-0.3, -0.25) is 14.4 Å². The first-order valence-corrected chi connectivity index (χ1v) is 9.36. The van der Waals surface area contributed by atoms with Gasteiger partial charge < -0.3 is 25.0 Å². The van der Waals surface area contributed by atoms with E-state index in [9.17, 15) is 14.4 Å². The van der Waals surface area contributed by atoms with Crippen LogP contribution in [0.3, 0.4) is 0 Å². The highest BCUT2D eigenvalue weighted by Gasteiger charge is 2.34. The van der Waals surface area contributed by atoms with Gasteiger partial charge in [0, 0.05) is 13.1 Å². The molecule has 8 nitrogen and oxygen atoms in total. The van der Waals surface area contributed by atoms with Crippen LogP contribution in [0.2, 0.25) is 0 Å². The number of ether oxygens (including phenoxy) is 2. The molecule has 2 N–H and O–H groups in total. The van der Waals surface area contributed by atoms with Crippen LogP contribution in [0.25, 0.3) is 0 Å². The second-order valence-corrected chi connectivity index (χ2v) is 6.27. The first-order chi connectivity index (χ1) is 13.6. The van der Waals surface area contributed by atoms with Crippen molar-refractivity contribution in [2.75, 3.05) is 38.2 Å². The molecule has 2 amide bonds. The third-order valence-electron chi connectivity index (χ3n) is 4.15. The number of rotatable bonds is 10. The first kappa shape index (κ1) is 21.3. The molecule has 1 heterocycles. The largest absolute Gasteiger partial charge is 0.487 e. The van der Waals surface area contributed by atoms with Crippen molar-refractivity contribution in [2.24, 2.45) is 0 Å². The summed E-state index contributed by atoms with van der Waals surface area (Å²) >= 11 is 0. The molecule has 2 rings (SSSR count). The van der Waals surface area contributed by atoms with Crippen LogP contribution in [0.1, 0.15) is 19.8 Å². The maximum Gasteiger partial charge on any atom is 0.308 e. The molecule has 152 valence electrons. The average molecular weight is 389 g/mol. The topological polar surface area (TPSA) is 97.0 Å². The Morgan fingerprint density at radius 3 is 2.93 bits per heavy atom. The molecule has 1 atom stereocenters. The minimum atomic E-state index is -0.861. The molecule has 1 unspecified atom stereocenters. The van der Waals surface area contributed by atoms with Crippen LogP contribution in [-0.2, 0) is 19.1 Å². The first-order valence-electron chi connectivity index (χ1n) is 9.36. The molecule has 0 radical (unpaired) electrons. The average Bonchev–Trinajstić information content (AvgIpc) is 2.71. The van der Waals surface area contributed by atoms with E-state index in [1.54, 1.807) is 18.2 Å². The number of anilines is 1. The Morgan fingerprint density at radius 2 is 2.18 bits per heavy atom. The second kappa shape index (κ2) is 11.0. The van der Waals surface area contributed by atoms with Crippen molar-refractivity contribution in [1.29, 1.82) is 0 Å². The van der Waals surface area contributed by atoms with Crippen LogP contribution < -0.4 is 15.4 Å². The van der Waals surface area contributed by atoms with E-state index < -0.39 is 12.0 Å². The highest BCUT2D eigenvalue weighted by Crippen LogP contribution is 2.23. The fourth-order valence-corrected chi connectivity index (χ4v) is 2.81. The number of piperazine rings is 1. The van der Waals surface area contributed by atoms with Gasteiger partial charge >= 0.3 is 5.97 Å². The van der Waals surface area contributed by atoms with Gasteiger partial charge in [0.15, 0.2) is 0 Å². The number of nitrogens with one attached hydrogen (secondary N) is 2. The molecule has 0 saturated carbocycles. The predicted octanol–water partition coefficient (Wildman–Crippen LogP) is 1.33. The number of nitrogens with zero attached hydrogens (tertiary/aromatic N) is 1. The van der Waals surface area contributed by atoms with Crippen molar-refractivity contribution < 1.29 is 23.9 Å². The van der Waals surface area contributed by atoms with E-state index in [2.05, 4.69) is 17.2 Å². The van der Waals surface area contributed by atoms with Crippen molar-refractivity contribution in [3.63, 3.8) is 0 Å². The Kier molecular flexibility index (Phi) is 8.33. The van der Waals surface area contributed by atoms with Crippen LogP contribution in [0, 0.1) is 0 Å². The SMILES string of the molecule is C=CCOc1ccccc1NCC(=O)N1CCNC(=O)C1CC(=O)OCCC. The lowest BCUT2D eigenvalue weighted by atomic mass is 10.1. The summed E-state index contributed by atoms with van der Waals surface area (Å²) in [6.07, 6.45) is 2.18. The van der Waals surface area contributed by atoms with Gasteiger partial charge in [0.25, 0.3) is 0 Å². The molecule has 0 spiro atoms. The van der Waals surface area contributed by atoms with E-state index in [1.807, 2.05) is 19.1 Å². The van der Waals surface area contributed by atoms with E-state index in [4.69, 9.17) is 9.47 Å². The lowest BCUT2D eigenvalue weighted by Crippen LogP contribution is -2.58. The van der Waals surface area contributed by atoms with Crippen molar-refractivity contribution in [3.8, 4) is 5.75 Å². The van der Waals surface area contributed by atoms with Crippen LogP contribution in [0.4, 0.5) is 5.69 Å². The number of amides is 2. The maximum atomic E-state index is 12.7. The minimum Gasteiger partial charge on any atom is -0.487 e. The summed E-state index contributed by atoms with van der Waals surface area (Å²) in [6.45, 7) is 6.81. The van der Waals surface area contributed by atoms with E-state index >= 15 is 0 Å². The number of hydrogen-bond donors (Lipinski definition) is 2. The quantitative estimate of drug-likeness (QED) is 0.463. The third-order valence-corrected chi connectivity index (χ3v) is 4.15. The summed E-state index contributed by atoms with van der Waals surface area (Å²) in [5.41, 5.74) is 0.665. The molecule has 1 aliphatic heterocycles. The van der Waals surface area contributed by atoms with E-state index in [1.165, 1.54) is 4.90 Å². The summed E-state index contributed by atoms with van der Waals surface area (Å²) < 4.78 is 10.6. The number of carbonyl (C=O) groups excluding carboxylic acids is 3. The fourth-order valence-electron chi connectivity index (χ4n) is 2.81.